The first kappa shape index (κ1) is 23.9. The Morgan fingerprint density at radius 2 is 1.78 bits per heavy atom. The summed E-state index contributed by atoms with van der Waals surface area (Å²) in [6.45, 7) is 2.35. The second kappa shape index (κ2) is 10.8. The molecule has 3 aromatic rings. The molecule has 9 heteroatoms. The molecule has 2 aromatic carbocycles. The Morgan fingerprint density at radius 1 is 1.03 bits per heavy atom. The summed E-state index contributed by atoms with van der Waals surface area (Å²) in [5.74, 6) is 1.28. The Hall–Kier alpha value is -3.85. The maximum atomic E-state index is 13.0. The minimum Gasteiger partial charge on any atom is -0.493 e. The Bertz CT molecular complexity index is 1190. The molecule has 0 aliphatic carbocycles. The fourth-order valence-corrected chi connectivity index (χ4v) is 4.53. The van der Waals surface area contributed by atoms with Gasteiger partial charge < -0.3 is 24.4 Å². The number of ether oxygens (including phenoxy) is 3. The molecule has 0 saturated carbocycles. The number of anilines is 1. The SMILES string of the molecule is COc1ccccc1OC1CCN(C(=O)c2ccc(-n3cc(NC(=O)C4CCOC4)cn3)cc2)CC1. The van der Waals surface area contributed by atoms with Crippen LogP contribution in [0.25, 0.3) is 5.69 Å². The van der Waals surface area contributed by atoms with Crippen LogP contribution in [0.2, 0.25) is 0 Å². The van der Waals surface area contributed by atoms with Gasteiger partial charge in [-0.15, -0.1) is 0 Å². The van der Waals surface area contributed by atoms with Gasteiger partial charge in [-0.3, -0.25) is 9.59 Å². The molecule has 2 aliphatic heterocycles. The normalized spacial score (nSPS) is 18.1. The van der Waals surface area contributed by atoms with Crippen molar-refractivity contribution >= 4 is 17.5 Å². The van der Waals surface area contributed by atoms with Crippen molar-refractivity contribution in [1.82, 2.24) is 14.7 Å². The molecule has 1 aromatic heterocycles. The van der Waals surface area contributed by atoms with Crippen molar-refractivity contribution in [3.05, 3.63) is 66.5 Å². The number of rotatable bonds is 7. The van der Waals surface area contributed by atoms with Gasteiger partial charge in [-0.1, -0.05) is 12.1 Å². The molecule has 2 amide bonds. The van der Waals surface area contributed by atoms with Crippen LogP contribution >= 0.6 is 0 Å². The summed E-state index contributed by atoms with van der Waals surface area (Å²) in [6.07, 6.45) is 5.68. The maximum Gasteiger partial charge on any atom is 0.253 e. The first-order valence-electron chi connectivity index (χ1n) is 12.2. The molecule has 0 radical (unpaired) electrons. The van der Waals surface area contributed by atoms with Crippen molar-refractivity contribution in [2.45, 2.75) is 25.4 Å². The number of nitrogens with one attached hydrogen (secondary N) is 1. The average molecular weight is 491 g/mol. The highest BCUT2D eigenvalue weighted by Crippen LogP contribution is 2.29. The van der Waals surface area contributed by atoms with Gasteiger partial charge in [0.1, 0.15) is 6.10 Å². The minimum atomic E-state index is -0.114. The first-order valence-corrected chi connectivity index (χ1v) is 12.2. The van der Waals surface area contributed by atoms with Crippen molar-refractivity contribution in [3.63, 3.8) is 0 Å². The molecule has 3 heterocycles. The van der Waals surface area contributed by atoms with Crippen LogP contribution in [-0.4, -0.2) is 66.0 Å². The summed E-state index contributed by atoms with van der Waals surface area (Å²) in [4.78, 5) is 27.2. The average Bonchev–Trinajstić information content (AvgIpc) is 3.62. The van der Waals surface area contributed by atoms with Gasteiger partial charge >= 0.3 is 0 Å². The van der Waals surface area contributed by atoms with Gasteiger partial charge in [0.25, 0.3) is 5.91 Å². The number of methoxy groups -OCH3 is 1. The van der Waals surface area contributed by atoms with E-state index >= 15 is 0 Å². The van der Waals surface area contributed by atoms with E-state index in [1.807, 2.05) is 53.4 Å². The fraction of sp³-hybridized carbons (Fsp3) is 0.370. The predicted molar refractivity (Wildman–Crippen MR) is 134 cm³/mol. The Balaban J connectivity index is 1.15. The van der Waals surface area contributed by atoms with E-state index in [0.717, 1.165) is 30.7 Å². The van der Waals surface area contributed by atoms with Gasteiger partial charge in [-0.05, 0) is 42.8 Å². The third kappa shape index (κ3) is 5.36. The molecule has 5 rings (SSSR count). The van der Waals surface area contributed by atoms with Gasteiger partial charge in [0.05, 0.1) is 43.4 Å². The second-order valence-electron chi connectivity index (χ2n) is 9.03. The van der Waals surface area contributed by atoms with E-state index in [9.17, 15) is 9.59 Å². The summed E-state index contributed by atoms with van der Waals surface area (Å²) in [5, 5.41) is 7.23. The molecule has 9 nitrogen and oxygen atoms in total. The Kier molecular flexibility index (Phi) is 7.18. The molecular weight excluding hydrogens is 460 g/mol. The molecule has 36 heavy (non-hydrogen) atoms. The summed E-state index contributed by atoms with van der Waals surface area (Å²) >= 11 is 0. The highest BCUT2D eigenvalue weighted by molar-refractivity contribution is 5.94. The Labute approximate surface area is 209 Å². The number of hydrogen-bond acceptors (Lipinski definition) is 6. The lowest BCUT2D eigenvalue weighted by Crippen LogP contribution is -2.41. The molecule has 0 spiro atoms. The maximum absolute atomic E-state index is 13.0. The molecule has 2 saturated heterocycles. The zero-order valence-electron chi connectivity index (χ0n) is 20.3. The van der Waals surface area contributed by atoms with Gasteiger partial charge in [0.15, 0.2) is 11.5 Å². The van der Waals surface area contributed by atoms with Crippen molar-refractivity contribution in [3.8, 4) is 17.2 Å². The number of carbonyl (C=O) groups excluding carboxylic acids is 2. The number of aromatic nitrogens is 2. The first-order chi connectivity index (χ1) is 17.6. The molecule has 1 atom stereocenters. The van der Waals surface area contributed by atoms with Crippen LogP contribution in [0.15, 0.2) is 60.9 Å². The zero-order valence-corrected chi connectivity index (χ0v) is 20.3. The third-order valence-corrected chi connectivity index (χ3v) is 6.62. The third-order valence-electron chi connectivity index (χ3n) is 6.62. The van der Waals surface area contributed by atoms with E-state index < -0.39 is 0 Å². The highest BCUT2D eigenvalue weighted by atomic mass is 16.5. The predicted octanol–water partition coefficient (Wildman–Crippen LogP) is 3.54. The van der Waals surface area contributed by atoms with E-state index in [1.54, 1.807) is 24.2 Å². The van der Waals surface area contributed by atoms with E-state index in [-0.39, 0.29) is 23.8 Å². The molecule has 0 bridgehead atoms. The van der Waals surface area contributed by atoms with Gasteiger partial charge in [0, 0.05) is 38.1 Å². The number of benzene rings is 2. The summed E-state index contributed by atoms with van der Waals surface area (Å²) in [7, 11) is 1.63. The number of amides is 2. The number of carbonyl (C=O) groups is 2. The van der Waals surface area contributed by atoms with Crippen molar-refractivity contribution in [2.75, 3.05) is 38.7 Å². The Morgan fingerprint density at radius 3 is 2.47 bits per heavy atom. The number of likely N-dealkylation sites (tertiary alicyclic amines) is 1. The molecule has 2 fully saturated rings. The smallest absolute Gasteiger partial charge is 0.253 e. The fourth-order valence-electron chi connectivity index (χ4n) is 4.53. The van der Waals surface area contributed by atoms with Crippen LogP contribution in [-0.2, 0) is 9.53 Å². The van der Waals surface area contributed by atoms with Gasteiger partial charge in [0.2, 0.25) is 5.91 Å². The van der Waals surface area contributed by atoms with Crippen LogP contribution < -0.4 is 14.8 Å². The summed E-state index contributed by atoms with van der Waals surface area (Å²) in [6, 6.07) is 14.9. The van der Waals surface area contributed by atoms with Gasteiger partial charge in [-0.2, -0.15) is 5.10 Å². The number of hydrogen-bond donors (Lipinski definition) is 1. The van der Waals surface area contributed by atoms with Crippen LogP contribution in [0.5, 0.6) is 11.5 Å². The standard InChI is InChI=1S/C27H30N4O5/c1-34-24-4-2-3-5-25(24)36-23-10-13-30(14-11-23)27(33)19-6-8-22(9-7-19)31-17-21(16-28-31)29-26(32)20-12-15-35-18-20/h2-9,16-17,20,23H,10-15,18H2,1H3,(H,29,32). The largest absolute Gasteiger partial charge is 0.493 e. The second-order valence-corrected chi connectivity index (χ2v) is 9.03. The quantitative estimate of drug-likeness (QED) is 0.545. The molecule has 1 unspecified atom stereocenters. The number of piperidine rings is 1. The summed E-state index contributed by atoms with van der Waals surface area (Å²) < 4.78 is 18.4. The number of nitrogens with zero attached hydrogens (tertiary/aromatic N) is 3. The lowest BCUT2D eigenvalue weighted by molar-refractivity contribution is -0.119. The van der Waals surface area contributed by atoms with Crippen molar-refractivity contribution in [1.29, 1.82) is 0 Å². The topological polar surface area (TPSA) is 94.9 Å². The van der Waals surface area contributed by atoms with Crippen LogP contribution in [0, 0.1) is 5.92 Å². The number of para-hydroxylation sites is 2. The highest BCUT2D eigenvalue weighted by Gasteiger charge is 2.26. The van der Waals surface area contributed by atoms with Crippen LogP contribution in [0.1, 0.15) is 29.6 Å². The zero-order chi connectivity index (χ0) is 24.9. The minimum absolute atomic E-state index is 0.00416. The van der Waals surface area contributed by atoms with Crippen molar-refractivity contribution in [2.24, 2.45) is 5.92 Å². The van der Waals surface area contributed by atoms with Gasteiger partial charge in [-0.25, -0.2) is 4.68 Å². The monoisotopic (exact) mass is 490 g/mol. The molecule has 2 aliphatic rings. The van der Waals surface area contributed by atoms with E-state index in [0.29, 0.717) is 43.3 Å². The van der Waals surface area contributed by atoms with E-state index in [2.05, 4.69) is 10.4 Å². The molecule has 1 N–H and O–H groups in total. The van der Waals surface area contributed by atoms with E-state index in [4.69, 9.17) is 14.2 Å². The summed E-state index contributed by atoms with van der Waals surface area (Å²) in [5.41, 5.74) is 2.06. The molecular formula is C27H30N4O5. The van der Waals surface area contributed by atoms with Crippen LogP contribution in [0.3, 0.4) is 0 Å². The van der Waals surface area contributed by atoms with Crippen LogP contribution in [0.4, 0.5) is 5.69 Å². The lowest BCUT2D eigenvalue weighted by Gasteiger charge is -2.32. The lowest BCUT2D eigenvalue weighted by atomic mass is 10.1. The van der Waals surface area contributed by atoms with Crippen molar-refractivity contribution < 1.29 is 23.8 Å². The van der Waals surface area contributed by atoms with E-state index in [1.165, 1.54) is 0 Å². The molecule has 188 valence electrons.